The fourth-order valence-electron chi connectivity index (χ4n) is 3.24. The second-order valence-corrected chi connectivity index (χ2v) is 8.65. The summed E-state index contributed by atoms with van der Waals surface area (Å²) in [5.74, 6) is 0. The molecule has 1 N–H and O–H groups in total. The van der Waals surface area contributed by atoms with Gasteiger partial charge in [0.2, 0.25) is 10.0 Å². The summed E-state index contributed by atoms with van der Waals surface area (Å²) in [6.45, 7) is 1.40. The van der Waals surface area contributed by atoms with E-state index in [4.69, 9.17) is 11.6 Å². The van der Waals surface area contributed by atoms with Crippen molar-refractivity contribution in [1.82, 2.24) is 14.5 Å². The molecule has 0 radical (unpaired) electrons. The van der Waals surface area contributed by atoms with Gasteiger partial charge in [0, 0.05) is 37.2 Å². The maximum atomic E-state index is 12.6. The lowest BCUT2D eigenvalue weighted by Crippen LogP contribution is -2.54. The standard InChI is InChI=1S/C16H22ClN3O3S/c17-13-4-3-7-15(12-13)24(22,23)20-10-8-19(9-11-20)16(21)18-14-5-1-2-6-14/h3-4,7,12,14H,1-2,5-6,8-11H2,(H,18,21). The predicted molar refractivity (Wildman–Crippen MR) is 92.6 cm³/mol. The van der Waals surface area contributed by atoms with Gasteiger partial charge < -0.3 is 10.2 Å². The number of amides is 2. The van der Waals surface area contributed by atoms with Crippen LogP contribution in [0.3, 0.4) is 0 Å². The number of carbonyl (C=O) groups excluding carboxylic acids is 1. The van der Waals surface area contributed by atoms with E-state index in [1.165, 1.54) is 10.4 Å². The molecule has 1 aliphatic heterocycles. The van der Waals surface area contributed by atoms with E-state index in [1.807, 2.05) is 0 Å². The van der Waals surface area contributed by atoms with Gasteiger partial charge in [-0.2, -0.15) is 4.31 Å². The van der Waals surface area contributed by atoms with Crippen molar-refractivity contribution in [1.29, 1.82) is 0 Å². The Bertz CT molecular complexity index is 696. The highest BCUT2D eigenvalue weighted by Crippen LogP contribution is 2.21. The summed E-state index contributed by atoms with van der Waals surface area (Å²) < 4.78 is 26.7. The fourth-order valence-corrected chi connectivity index (χ4v) is 4.97. The summed E-state index contributed by atoms with van der Waals surface area (Å²) in [7, 11) is -3.57. The Balaban J connectivity index is 1.59. The molecule has 1 saturated heterocycles. The van der Waals surface area contributed by atoms with Gasteiger partial charge in [-0.3, -0.25) is 0 Å². The first-order valence-electron chi connectivity index (χ1n) is 8.28. The van der Waals surface area contributed by atoms with E-state index >= 15 is 0 Å². The average Bonchev–Trinajstić information content (AvgIpc) is 3.08. The molecule has 1 heterocycles. The lowest BCUT2D eigenvalue weighted by atomic mass is 10.2. The van der Waals surface area contributed by atoms with Crippen molar-refractivity contribution in [2.24, 2.45) is 0 Å². The summed E-state index contributed by atoms with van der Waals surface area (Å²) in [6, 6.07) is 6.45. The third-order valence-electron chi connectivity index (χ3n) is 4.64. The normalized spacial score (nSPS) is 20.3. The summed E-state index contributed by atoms with van der Waals surface area (Å²) in [5.41, 5.74) is 0. The molecule has 2 amide bonds. The van der Waals surface area contributed by atoms with Gasteiger partial charge in [-0.05, 0) is 31.0 Å². The van der Waals surface area contributed by atoms with Crippen molar-refractivity contribution in [3.8, 4) is 0 Å². The van der Waals surface area contributed by atoms with Crippen molar-refractivity contribution in [2.45, 2.75) is 36.6 Å². The molecular formula is C16H22ClN3O3S. The van der Waals surface area contributed by atoms with Crippen LogP contribution >= 0.6 is 11.6 Å². The molecule has 0 bridgehead atoms. The SMILES string of the molecule is O=C(NC1CCCC1)N1CCN(S(=O)(=O)c2cccc(Cl)c2)CC1. The largest absolute Gasteiger partial charge is 0.335 e. The molecule has 2 fully saturated rings. The van der Waals surface area contributed by atoms with E-state index in [9.17, 15) is 13.2 Å². The first-order valence-corrected chi connectivity index (χ1v) is 10.1. The van der Waals surface area contributed by atoms with Crippen LogP contribution < -0.4 is 5.32 Å². The van der Waals surface area contributed by atoms with Gasteiger partial charge in [-0.15, -0.1) is 0 Å². The molecule has 0 atom stereocenters. The monoisotopic (exact) mass is 371 g/mol. The van der Waals surface area contributed by atoms with E-state index in [0.29, 0.717) is 31.2 Å². The molecule has 0 aromatic heterocycles. The highest BCUT2D eigenvalue weighted by molar-refractivity contribution is 7.89. The van der Waals surface area contributed by atoms with Gasteiger partial charge in [0.1, 0.15) is 0 Å². The smallest absolute Gasteiger partial charge is 0.317 e. The Morgan fingerprint density at radius 3 is 2.42 bits per heavy atom. The number of rotatable bonds is 3. The molecule has 24 heavy (non-hydrogen) atoms. The minimum absolute atomic E-state index is 0.0818. The minimum atomic E-state index is -3.57. The van der Waals surface area contributed by atoms with Crippen LogP contribution in [0.4, 0.5) is 4.79 Å². The average molecular weight is 372 g/mol. The Morgan fingerprint density at radius 2 is 1.79 bits per heavy atom. The molecule has 132 valence electrons. The number of hydrogen-bond acceptors (Lipinski definition) is 3. The molecule has 1 aromatic rings. The van der Waals surface area contributed by atoms with Crippen LogP contribution in [0.5, 0.6) is 0 Å². The number of piperazine rings is 1. The zero-order chi connectivity index (χ0) is 17.2. The lowest BCUT2D eigenvalue weighted by Gasteiger charge is -2.34. The number of sulfonamides is 1. The molecule has 6 nitrogen and oxygen atoms in total. The zero-order valence-corrected chi connectivity index (χ0v) is 15.0. The molecule has 1 saturated carbocycles. The van der Waals surface area contributed by atoms with Crippen LogP contribution in [-0.2, 0) is 10.0 Å². The van der Waals surface area contributed by atoms with Crippen LogP contribution in [0.25, 0.3) is 0 Å². The summed E-state index contributed by atoms with van der Waals surface area (Å²) in [5, 5.41) is 3.44. The lowest BCUT2D eigenvalue weighted by molar-refractivity contribution is 0.169. The maximum Gasteiger partial charge on any atom is 0.317 e. The summed E-state index contributed by atoms with van der Waals surface area (Å²) in [6.07, 6.45) is 4.40. The summed E-state index contributed by atoms with van der Waals surface area (Å²) >= 11 is 5.89. The number of carbonyl (C=O) groups is 1. The topological polar surface area (TPSA) is 69.7 Å². The number of nitrogens with one attached hydrogen (secondary N) is 1. The number of hydrogen-bond donors (Lipinski definition) is 1. The van der Waals surface area contributed by atoms with Crippen LogP contribution in [0.2, 0.25) is 5.02 Å². The van der Waals surface area contributed by atoms with E-state index in [2.05, 4.69) is 5.32 Å². The third-order valence-corrected chi connectivity index (χ3v) is 6.77. The van der Waals surface area contributed by atoms with Crippen molar-refractivity contribution < 1.29 is 13.2 Å². The highest BCUT2D eigenvalue weighted by Gasteiger charge is 2.31. The van der Waals surface area contributed by atoms with Gasteiger partial charge in [0.05, 0.1) is 4.90 Å². The van der Waals surface area contributed by atoms with Crippen LogP contribution in [0.15, 0.2) is 29.2 Å². The molecule has 8 heteroatoms. The predicted octanol–water partition coefficient (Wildman–Crippen LogP) is 2.30. The molecule has 0 spiro atoms. The van der Waals surface area contributed by atoms with E-state index in [-0.39, 0.29) is 17.0 Å². The second-order valence-electron chi connectivity index (χ2n) is 6.28. The van der Waals surface area contributed by atoms with Gasteiger partial charge in [0.15, 0.2) is 0 Å². The molecule has 3 rings (SSSR count). The number of halogens is 1. The van der Waals surface area contributed by atoms with E-state index in [1.54, 1.807) is 23.1 Å². The Hall–Kier alpha value is -1.31. The minimum Gasteiger partial charge on any atom is -0.335 e. The highest BCUT2D eigenvalue weighted by atomic mass is 35.5. The van der Waals surface area contributed by atoms with E-state index < -0.39 is 10.0 Å². The number of nitrogens with zero attached hydrogens (tertiary/aromatic N) is 2. The number of urea groups is 1. The first kappa shape index (κ1) is 17.5. The van der Waals surface area contributed by atoms with Gasteiger partial charge in [-0.1, -0.05) is 30.5 Å². The molecule has 1 aliphatic carbocycles. The Labute approximate surface area is 147 Å². The van der Waals surface area contributed by atoms with Crippen molar-refractivity contribution >= 4 is 27.7 Å². The van der Waals surface area contributed by atoms with Crippen molar-refractivity contribution in [2.75, 3.05) is 26.2 Å². The van der Waals surface area contributed by atoms with Gasteiger partial charge >= 0.3 is 6.03 Å². The third kappa shape index (κ3) is 3.84. The number of benzene rings is 1. The summed E-state index contributed by atoms with van der Waals surface area (Å²) in [4.78, 5) is 14.1. The van der Waals surface area contributed by atoms with Crippen molar-refractivity contribution in [3.63, 3.8) is 0 Å². The zero-order valence-electron chi connectivity index (χ0n) is 13.4. The van der Waals surface area contributed by atoms with Crippen LogP contribution in [0, 0.1) is 0 Å². The Morgan fingerprint density at radius 1 is 1.12 bits per heavy atom. The van der Waals surface area contributed by atoms with Crippen molar-refractivity contribution in [3.05, 3.63) is 29.3 Å². The molecular weight excluding hydrogens is 350 g/mol. The second kappa shape index (κ2) is 7.29. The quantitative estimate of drug-likeness (QED) is 0.886. The maximum absolute atomic E-state index is 12.6. The Kier molecular flexibility index (Phi) is 5.32. The van der Waals surface area contributed by atoms with Gasteiger partial charge in [0.25, 0.3) is 0 Å². The van der Waals surface area contributed by atoms with Gasteiger partial charge in [-0.25, -0.2) is 13.2 Å². The molecule has 1 aromatic carbocycles. The van der Waals surface area contributed by atoms with E-state index in [0.717, 1.165) is 25.7 Å². The molecule has 2 aliphatic rings. The molecule has 0 unspecified atom stereocenters. The first-order chi connectivity index (χ1) is 11.5. The fraction of sp³-hybridized carbons (Fsp3) is 0.562. The van der Waals surface area contributed by atoms with Crippen LogP contribution in [-0.4, -0.2) is 55.9 Å². The van der Waals surface area contributed by atoms with Crippen LogP contribution in [0.1, 0.15) is 25.7 Å².